The Morgan fingerprint density at radius 2 is 2.14 bits per heavy atom. The molecule has 142 valence electrons. The molecule has 0 radical (unpaired) electrons. The lowest BCUT2D eigenvalue weighted by Crippen LogP contribution is -2.31. The van der Waals surface area contributed by atoms with Crippen molar-refractivity contribution in [2.75, 3.05) is 0 Å². The van der Waals surface area contributed by atoms with Crippen LogP contribution in [0.3, 0.4) is 0 Å². The zero-order chi connectivity index (χ0) is 19.5. The Hall–Kier alpha value is -3.40. The molecule has 0 bridgehead atoms. The summed E-state index contributed by atoms with van der Waals surface area (Å²) in [6, 6.07) is 5.93. The van der Waals surface area contributed by atoms with Gasteiger partial charge in [-0.2, -0.15) is 4.98 Å². The minimum atomic E-state index is -1.04. The molecule has 4 rings (SSSR count). The maximum Gasteiger partial charge on any atom is 0.226 e. The summed E-state index contributed by atoms with van der Waals surface area (Å²) in [7, 11) is 0. The summed E-state index contributed by atoms with van der Waals surface area (Å²) >= 11 is 1.35. The third-order valence-corrected chi connectivity index (χ3v) is 4.75. The van der Waals surface area contributed by atoms with Crippen molar-refractivity contribution >= 4 is 17.2 Å². The quantitative estimate of drug-likeness (QED) is 0.530. The van der Waals surface area contributed by atoms with Gasteiger partial charge in [0.15, 0.2) is 28.2 Å². The highest BCUT2D eigenvalue weighted by Crippen LogP contribution is 2.25. The van der Waals surface area contributed by atoms with Crippen molar-refractivity contribution in [3.05, 3.63) is 77.1 Å². The van der Waals surface area contributed by atoms with E-state index in [1.807, 2.05) is 0 Å². The van der Waals surface area contributed by atoms with Crippen LogP contribution in [0.25, 0.3) is 10.8 Å². The van der Waals surface area contributed by atoms with Crippen molar-refractivity contribution in [1.29, 1.82) is 0 Å². The summed E-state index contributed by atoms with van der Waals surface area (Å²) in [6.07, 6.45) is 2.61. The van der Waals surface area contributed by atoms with Gasteiger partial charge in [-0.05, 0) is 29.8 Å². The highest BCUT2D eigenvalue weighted by atomic mass is 32.1. The van der Waals surface area contributed by atoms with Crippen molar-refractivity contribution < 1.29 is 22.5 Å². The highest BCUT2D eigenvalue weighted by Gasteiger charge is 2.23. The number of aromatic nitrogens is 3. The minimum Gasteiger partial charge on any atom is -0.462 e. The largest absolute Gasteiger partial charge is 0.462 e. The number of thiazole rings is 1. The summed E-state index contributed by atoms with van der Waals surface area (Å²) < 4.78 is 36.9. The summed E-state index contributed by atoms with van der Waals surface area (Å²) in [5.74, 6) is -1.69. The molecule has 0 aliphatic heterocycles. The second kappa shape index (κ2) is 7.69. The standard InChI is InChI=1S/C18H12F2N4O3S/c19-12-4-3-10(6-13(12)20)16(17-21-9-27-24-17)23-15(25)7-11-8-28-18(22-11)14-2-1-5-26-14/h1-6,8-9,16H,7H2,(H,23,25). The maximum atomic E-state index is 13.6. The van der Waals surface area contributed by atoms with Crippen LogP contribution in [-0.4, -0.2) is 21.0 Å². The van der Waals surface area contributed by atoms with Gasteiger partial charge in [0.1, 0.15) is 6.04 Å². The summed E-state index contributed by atoms with van der Waals surface area (Å²) in [5.41, 5.74) is 0.828. The van der Waals surface area contributed by atoms with Gasteiger partial charge in [0.25, 0.3) is 0 Å². The molecule has 0 spiro atoms. The Labute approximate surface area is 161 Å². The Bertz CT molecular complexity index is 1080. The van der Waals surface area contributed by atoms with E-state index in [0.717, 1.165) is 18.5 Å². The maximum absolute atomic E-state index is 13.6. The first-order chi connectivity index (χ1) is 13.6. The van der Waals surface area contributed by atoms with Crippen LogP contribution in [-0.2, 0) is 11.2 Å². The van der Waals surface area contributed by atoms with E-state index in [2.05, 4.69) is 20.4 Å². The molecule has 1 atom stereocenters. The number of nitrogens with one attached hydrogen (secondary N) is 1. The van der Waals surface area contributed by atoms with Crippen molar-refractivity contribution in [2.45, 2.75) is 12.5 Å². The predicted molar refractivity (Wildman–Crippen MR) is 94.2 cm³/mol. The van der Waals surface area contributed by atoms with Gasteiger partial charge in [0.05, 0.1) is 18.4 Å². The van der Waals surface area contributed by atoms with Crippen LogP contribution in [0.2, 0.25) is 0 Å². The number of hydrogen-bond acceptors (Lipinski definition) is 7. The van der Waals surface area contributed by atoms with Gasteiger partial charge < -0.3 is 14.3 Å². The molecular weight excluding hydrogens is 390 g/mol. The molecule has 4 aromatic rings. The number of amides is 1. The van der Waals surface area contributed by atoms with Gasteiger partial charge in [-0.1, -0.05) is 11.2 Å². The average Bonchev–Trinajstić information content (AvgIpc) is 3.44. The number of carbonyl (C=O) groups is 1. The van der Waals surface area contributed by atoms with Crippen LogP contribution in [0, 0.1) is 11.6 Å². The fourth-order valence-electron chi connectivity index (χ4n) is 2.57. The van der Waals surface area contributed by atoms with Crippen molar-refractivity contribution in [3.63, 3.8) is 0 Å². The van der Waals surface area contributed by atoms with Gasteiger partial charge in [0.2, 0.25) is 12.3 Å². The van der Waals surface area contributed by atoms with Crippen LogP contribution >= 0.6 is 11.3 Å². The van der Waals surface area contributed by atoms with Crippen molar-refractivity contribution in [3.8, 4) is 10.8 Å². The molecule has 0 saturated heterocycles. The molecule has 28 heavy (non-hydrogen) atoms. The normalized spacial score (nSPS) is 12.1. The first-order valence-electron chi connectivity index (χ1n) is 8.09. The van der Waals surface area contributed by atoms with Crippen LogP contribution in [0.15, 0.2) is 57.3 Å². The lowest BCUT2D eigenvalue weighted by atomic mass is 10.1. The molecular formula is C18H12F2N4O3S. The fourth-order valence-corrected chi connectivity index (χ4v) is 3.36. The molecule has 3 aromatic heterocycles. The minimum absolute atomic E-state index is 0.0186. The van der Waals surface area contributed by atoms with Crippen LogP contribution < -0.4 is 5.32 Å². The zero-order valence-electron chi connectivity index (χ0n) is 14.1. The lowest BCUT2D eigenvalue weighted by molar-refractivity contribution is -0.121. The molecule has 0 aliphatic carbocycles. The number of halogens is 2. The van der Waals surface area contributed by atoms with E-state index >= 15 is 0 Å². The number of nitrogens with zero attached hydrogens (tertiary/aromatic N) is 3. The number of hydrogen-bond donors (Lipinski definition) is 1. The number of benzene rings is 1. The topological polar surface area (TPSA) is 94.1 Å². The molecule has 1 aromatic carbocycles. The van der Waals surface area contributed by atoms with Crippen molar-refractivity contribution in [1.82, 2.24) is 20.4 Å². The SMILES string of the molecule is O=C(Cc1csc(-c2ccco2)n1)NC(c1ccc(F)c(F)c1)c1ncon1. The van der Waals surface area contributed by atoms with E-state index in [0.29, 0.717) is 16.5 Å². The molecule has 0 aliphatic rings. The Morgan fingerprint density at radius 1 is 1.25 bits per heavy atom. The molecule has 10 heteroatoms. The van der Waals surface area contributed by atoms with E-state index in [1.165, 1.54) is 17.4 Å². The fraction of sp³-hybridized carbons (Fsp3) is 0.111. The summed E-state index contributed by atoms with van der Waals surface area (Å²) in [5, 5.41) is 8.81. The Kier molecular flexibility index (Phi) is 4.94. The van der Waals surface area contributed by atoms with Gasteiger partial charge in [-0.25, -0.2) is 13.8 Å². The highest BCUT2D eigenvalue weighted by molar-refractivity contribution is 7.13. The second-order valence-corrected chi connectivity index (χ2v) is 6.62. The lowest BCUT2D eigenvalue weighted by Gasteiger charge is -2.16. The Balaban J connectivity index is 1.52. The van der Waals surface area contributed by atoms with Gasteiger partial charge >= 0.3 is 0 Å². The molecule has 0 fully saturated rings. The molecule has 1 unspecified atom stereocenters. The smallest absolute Gasteiger partial charge is 0.226 e. The van der Waals surface area contributed by atoms with Crippen LogP contribution in [0.4, 0.5) is 8.78 Å². The average molecular weight is 402 g/mol. The molecule has 1 N–H and O–H groups in total. The molecule has 3 heterocycles. The van der Waals surface area contributed by atoms with Crippen molar-refractivity contribution in [2.24, 2.45) is 0 Å². The predicted octanol–water partition coefficient (Wildman–Crippen LogP) is 3.51. The summed E-state index contributed by atoms with van der Waals surface area (Å²) in [4.78, 5) is 20.8. The van der Waals surface area contributed by atoms with Gasteiger partial charge in [0, 0.05) is 5.38 Å². The third kappa shape index (κ3) is 3.81. The monoisotopic (exact) mass is 402 g/mol. The number of furan rings is 1. The van der Waals surface area contributed by atoms with E-state index in [4.69, 9.17) is 8.94 Å². The second-order valence-electron chi connectivity index (χ2n) is 5.76. The Morgan fingerprint density at radius 3 is 2.86 bits per heavy atom. The van der Waals surface area contributed by atoms with Crippen LogP contribution in [0.1, 0.15) is 23.1 Å². The summed E-state index contributed by atoms with van der Waals surface area (Å²) in [6.45, 7) is 0. The number of rotatable bonds is 6. The van der Waals surface area contributed by atoms with Crippen LogP contribution in [0.5, 0.6) is 0 Å². The third-order valence-electron chi connectivity index (χ3n) is 3.84. The van der Waals surface area contributed by atoms with Gasteiger partial charge in [-0.15, -0.1) is 11.3 Å². The number of carbonyl (C=O) groups excluding carboxylic acids is 1. The molecule has 0 saturated carbocycles. The van der Waals surface area contributed by atoms with E-state index in [-0.39, 0.29) is 17.8 Å². The van der Waals surface area contributed by atoms with E-state index < -0.39 is 23.6 Å². The van der Waals surface area contributed by atoms with Gasteiger partial charge in [-0.3, -0.25) is 4.79 Å². The first-order valence-corrected chi connectivity index (χ1v) is 8.97. The molecule has 1 amide bonds. The molecule has 7 nitrogen and oxygen atoms in total. The van der Waals surface area contributed by atoms with E-state index in [9.17, 15) is 13.6 Å². The zero-order valence-corrected chi connectivity index (χ0v) is 15.0. The first kappa shape index (κ1) is 18.0. The van der Waals surface area contributed by atoms with E-state index in [1.54, 1.807) is 23.8 Å².